The molecule has 0 unspecified atom stereocenters. The molecule has 7 heteroatoms. The molecule has 0 aromatic heterocycles. The molecular formula is C20H35IN4O2. The molecule has 0 aliphatic rings. The van der Waals surface area contributed by atoms with E-state index in [9.17, 15) is 4.79 Å². The lowest BCUT2D eigenvalue weighted by Crippen LogP contribution is -2.40. The Balaban J connectivity index is 0.00000676. The smallest absolute Gasteiger partial charge is 0.224 e. The third-order valence-electron chi connectivity index (χ3n) is 3.88. The zero-order valence-corrected chi connectivity index (χ0v) is 19.4. The zero-order chi connectivity index (χ0) is 19.2. The van der Waals surface area contributed by atoms with E-state index in [1.54, 1.807) is 0 Å². The van der Waals surface area contributed by atoms with Gasteiger partial charge in [-0.3, -0.25) is 4.79 Å². The Kier molecular flexibility index (Phi) is 14.7. The first-order chi connectivity index (χ1) is 12.6. The number of hydrogen-bond donors (Lipinski definition) is 2. The van der Waals surface area contributed by atoms with E-state index in [2.05, 4.69) is 22.5 Å². The average molecular weight is 490 g/mol. The molecule has 0 bridgehead atoms. The Labute approximate surface area is 181 Å². The molecule has 0 fully saturated rings. The van der Waals surface area contributed by atoms with Gasteiger partial charge < -0.3 is 20.3 Å². The number of carbonyl (C=O) groups is 1. The molecule has 0 heterocycles. The van der Waals surface area contributed by atoms with Gasteiger partial charge in [-0.25, -0.2) is 4.99 Å². The summed E-state index contributed by atoms with van der Waals surface area (Å²) >= 11 is 0. The molecule has 0 spiro atoms. The van der Waals surface area contributed by atoms with E-state index < -0.39 is 0 Å². The Morgan fingerprint density at radius 1 is 1.15 bits per heavy atom. The van der Waals surface area contributed by atoms with Crippen molar-refractivity contribution in [3.05, 3.63) is 29.8 Å². The number of guanidine groups is 1. The topological polar surface area (TPSA) is 66.0 Å². The van der Waals surface area contributed by atoms with Crippen molar-refractivity contribution in [3.63, 3.8) is 0 Å². The van der Waals surface area contributed by atoms with Gasteiger partial charge in [-0.15, -0.1) is 24.0 Å². The van der Waals surface area contributed by atoms with Crippen molar-refractivity contribution in [1.82, 2.24) is 15.5 Å². The van der Waals surface area contributed by atoms with Gasteiger partial charge in [0.2, 0.25) is 5.91 Å². The summed E-state index contributed by atoms with van der Waals surface area (Å²) in [6.07, 6.45) is 1.45. The van der Waals surface area contributed by atoms with Gasteiger partial charge >= 0.3 is 0 Å². The van der Waals surface area contributed by atoms with E-state index in [0.29, 0.717) is 19.5 Å². The van der Waals surface area contributed by atoms with Gasteiger partial charge in [-0.1, -0.05) is 19.1 Å². The summed E-state index contributed by atoms with van der Waals surface area (Å²) in [5.41, 5.74) is 1.09. The molecule has 1 aromatic carbocycles. The van der Waals surface area contributed by atoms with E-state index in [0.717, 1.165) is 49.9 Å². The second-order valence-corrected chi connectivity index (χ2v) is 5.93. The number of rotatable bonds is 11. The molecule has 0 saturated carbocycles. The van der Waals surface area contributed by atoms with Crippen LogP contribution in [0.5, 0.6) is 5.75 Å². The highest BCUT2D eigenvalue weighted by molar-refractivity contribution is 14.0. The molecule has 1 aromatic rings. The molecule has 0 radical (unpaired) electrons. The summed E-state index contributed by atoms with van der Waals surface area (Å²) in [6, 6.07) is 8.01. The van der Waals surface area contributed by atoms with Gasteiger partial charge in [0.15, 0.2) is 5.96 Å². The first-order valence-corrected chi connectivity index (χ1v) is 9.66. The standard InChI is InChI=1S/C20H34N4O2.HI/c1-5-14-26-18-11-9-10-17(15-18)16-23-20(21-6-2)22-13-12-19(25)24(7-3)8-4;/h9-11,15H,5-8,12-14,16H2,1-4H3,(H2,21,22,23);1H. The predicted molar refractivity (Wildman–Crippen MR) is 123 cm³/mol. The van der Waals surface area contributed by atoms with Crippen molar-refractivity contribution in [2.24, 2.45) is 4.99 Å². The number of halogens is 1. The molecule has 2 N–H and O–H groups in total. The van der Waals surface area contributed by atoms with E-state index in [4.69, 9.17) is 4.74 Å². The number of benzene rings is 1. The summed E-state index contributed by atoms with van der Waals surface area (Å²) in [5, 5.41) is 6.45. The Morgan fingerprint density at radius 2 is 1.89 bits per heavy atom. The van der Waals surface area contributed by atoms with Crippen LogP contribution in [0.4, 0.5) is 0 Å². The molecular weight excluding hydrogens is 455 g/mol. The number of aliphatic imine (C=N–C) groups is 1. The van der Waals surface area contributed by atoms with Gasteiger partial charge in [0.05, 0.1) is 13.2 Å². The molecule has 0 aliphatic heterocycles. The minimum absolute atomic E-state index is 0. The number of nitrogens with one attached hydrogen (secondary N) is 2. The lowest BCUT2D eigenvalue weighted by atomic mass is 10.2. The third-order valence-corrected chi connectivity index (χ3v) is 3.88. The van der Waals surface area contributed by atoms with Gasteiger partial charge in [-0.2, -0.15) is 0 Å². The van der Waals surface area contributed by atoms with Crippen LogP contribution in [0.1, 0.15) is 46.1 Å². The highest BCUT2D eigenvalue weighted by atomic mass is 127. The fourth-order valence-electron chi connectivity index (χ4n) is 2.49. The highest BCUT2D eigenvalue weighted by Crippen LogP contribution is 2.14. The minimum atomic E-state index is 0. The van der Waals surface area contributed by atoms with E-state index >= 15 is 0 Å². The number of carbonyl (C=O) groups excluding carboxylic acids is 1. The van der Waals surface area contributed by atoms with Crippen LogP contribution < -0.4 is 15.4 Å². The van der Waals surface area contributed by atoms with Crippen molar-refractivity contribution in [2.45, 2.75) is 47.1 Å². The molecule has 0 saturated heterocycles. The maximum Gasteiger partial charge on any atom is 0.224 e. The minimum Gasteiger partial charge on any atom is -0.494 e. The van der Waals surface area contributed by atoms with Crippen molar-refractivity contribution in [1.29, 1.82) is 0 Å². The van der Waals surface area contributed by atoms with E-state index in [1.807, 2.05) is 49.9 Å². The first-order valence-electron chi connectivity index (χ1n) is 9.66. The number of nitrogens with zero attached hydrogens (tertiary/aromatic N) is 2. The summed E-state index contributed by atoms with van der Waals surface area (Å²) in [7, 11) is 0. The van der Waals surface area contributed by atoms with Gasteiger partial charge in [0.1, 0.15) is 5.75 Å². The average Bonchev–Trinajstić information content (AvgIpc) is 2.65. The largest absolute Gasteiger partial charge is 0.494 e. The number of ether oxygens (including phenoxy) is 1. The predicted octanol–water partition coefficient (Wildman–Crippen LogP) is 3.41. The normalized spacial score (nSPS) is 10.7. The maximum atomic E-state index is 12.1. The van der Waals surface area contributed by atoms with Crippen LogP contribution in [-0.4, -0.2) is 49.6 Å². The molecule has 1 rings (SSSR count). The molecule has 154 valence electrons. The van der Waals surface area contributed by atoms with Crippen molar-refractivity contribution in [3.8, 4) is 5.75 Å². The third kappa shape index (κ3) is 10.4. The summed E-state index contributed by atoms with van der Waals surface area (Å²) in [6.45, 7) is 12.2. The van der Waals surface area contributed by atoms with E-state index in [-0.39, 0.29) is 29.9 Å². The van der Waals surface area contributed by atoms with Crippen LogP contribution >= 0.6 is 24.0 Å². The summed E-state index contributed by atoms with van der Waals surface area (Å²) in [5.74, 6) is 1.76. The van der Waals surface area contributed by atoms with Crippen molar-refractivity contribution in [2.75, 3.05) is 32.8 Å². The maximum absolute atomic E-state index is 12.1. The Hall–Kier alpha value is -1.51. The quantitative estimate of drug-likeness (QED) is 0.284. The van der Waals surface area contributed by atoms with Crippen LogP contribution in [0.15, 0.2) is 29.3 Å². The highest BCUT2D eigenvalue weighted by Gasteiger charge is 2.09. The second-order valence-electron chi connectivity index (χ2n) is 5.93. The molecule has 1 amide bonds. The summed E-state index contributed by atoms with van der Waals surface area (Å²) in [4.78, 5) is 18.5. The monoisotopic (exact) mass is 490 g/mol. The van der Waals surface area contributed by atoms with Crippen molar-refractivity contribution < 1.29 is 9.53 Å². The fourth-order valence-corrected chi connectivity index (χ4v) is 2.49. The Morgan fingerprint density at radius 3 is 2.52 bits per heavy atom. The lowest BCUT2D eigenvalue weighted by Gasteiger charge is -2.19. The SMILES string of the molecule is CCCOc1cccc(CN=C(NCC)NCCC(=O)N(CC)CC)c1.I. The second kappa shape index (κ2) is 15.5. The van der Waals surface area contributed by atoms with Crippen LogP contribution in [0.3, 0.4) is 0 Å². The van der Waals surface area contributed by atoms with Crippen LogP contribution in [0, 0.1) is 0 Å². The molecule has 0 atom stereocenters. The van der Waals surface area contributed by atoms with Gasteiger partial charge in [0, 0.05) is 32.6 Å². The van der Waals surface area contributed by atoms with Crippen LogP contribution in [0.25, 0.3) is 0 Å². The van der Waals surface area contributed by atoms with Crippen LogP contribution in [0.2, 0.25) is 0 Å². The fraction of sp³-hybridized carbons (Fsp3) is 0.600. The van der Waals surface area contributed by atoms with Gasteiger partial charge in [-0.05, 0) is 44.9 Å². The molecule has 27 heavy (non-hydrogen) atoms. The first kappa shape index (κ1) is 25.5. The lowest BCUT2D eigenvalue weighted by molar-refractivity contribution is -0.130. The van der Waals surface area contributed by atoms with Crippen molar-refractivity contribution >= 4 is 35.8 Å². The zero-order valence-electron chi connectivity index (χ0n) is 17.1. The van der Waals surface area contributed by atoms with Crippen LogP contribution in [-0.2, 0) is 11.3 Å². The number of hydrogen-bond acceptors (Lipinski definition) is 3. The van der Waals surface area contributed by atoms with E-state index in [1.165, 1.54) is 0 Å². The summed E-state index contributed by atoms with van der Waals surface area (Å²) < 4.78 is 5.66. The Bertz CT molecular complexity index is 563. The molecule has 0 aliphatic carbocycles. The number of amides is 1. The van der Waals surface area contributed by atoms with Gasteiger partial charge in [0.25, 0.3) is 0 Å². The molecule has 6 nitrogen and oxygen atoms in total.